The van der Waals surface area contributed by atoms with Crippen molar-refractivity contribution >= 4 is 11.6 Å². The highest BCUT2D eigenvalue weighted by molar-refractivity contribution is 5.95. The van der Waals surface area contributed by atoms with Gasteiger partial charge in [0.05, 0.1) is 5.70 Å². The lowest BCUT2D eigenvalue weighted by molar-refractivity contribution is -0.0498. The number of carbonyl (C=O) groups is 1. The van der Waals surface area contributed by atoms with Crippen LogP contribution in [0.3, 0.4) is 0 Å². The summed E-state index contributed by atoms with van der Waals surface area (Å²) in [5.41, 5.74) is 9.42. The van der Waals surface area contributed by atoms with Crippen LogP contribution in [0.2, 0.25) is 0 Å². The van der Waals surface area contributed by atoms with Crippen LogP contribution in [-0.4, -0.2) is 12.5 Å². The van der Waals surface area contributed by atoms with Crippen molar-refractivity contribution in [2.24, 2.45) is 0 Å². The van der Waals surface area contributed by atoms with Crippen molar-refractivity contribution < 1.29 is 18.3 Å². The molecule has 0 saturated heterocycles. The van der Waals surface area contributed by atoms with Gasteiger partial charge < -0.3 is 4.74 Å². The molecule has 2 rings (SSSR count). The van der Waals surface area contributed by atoms with E-state index in [9.17, 15) is 13.6 Å². The maximum Gasteiger partial charge on any atom is 0.387 e. The molecule has 25 heavy (non-hydrogen) atoms. The first kappa shape index (κ1) is 18.4. The van der Waals surface area contributed by atoms with Crippen molar-refractivity contribution in [3.05, 3.63) is 70.8 Å². The summed E-state index contributed by atoms with van der Waals surface area (Å²) < 4.78 is 28.7. The minimum Gasteiger partial charge on any atom is -0.435 e. The normalized spacial score (nSPS) is 11.4. The number of hydrogen-bond donors (Lipinski definition) is 2. The molecule has 6 heteroatoms. The average molecular weight is 346 g/mol. The van der Waals surface area contributed by atoms with E-state index in [0.29, 0.717) is 11.3 Å². The third-order valence-corrected chi connectivity index (χ3v) is 3.62. The Morgan fingerprint density at radius 1 is 1.08 bits per heavy atom. The van der Waals surface area contributed by atoms with E-state index in [-0.39, 0.29) is 11.7 Å². The van der Waals surface area contributed by atoms with Gasteiger partial charge >= 0.3 is 6.61 Å². The van der Waals surface area contributed by atoms with Crippen LogP contribution in [0.1, 0.15) is 34.0 Å². The Kier molecular flexibility index (Phi) is 6.11. The molecule has 0 aliphatic rings. The molecule has 0 aromatic heterocycles. The van der Waals surface area contributed by atoms with E-state index in [0.717, 1.165) is 16.7 Å². The maximum atomic E-state index is 12.3. The predicted molar refractivity (Wildman–Crippen MR) is 93.2 cm³/mol. The topological polar surface area (TPSA) is 50.4 Å². The second-order valence-corrected chi connectivity index (χ2v) is 5.50. The van der Waals surface area contributed by atoms with Crippen LogP contribution in [0.5, 0.6) is 5.75 Å². The molecular formula is C19H20F2N2O2. The number of nitrogens with one attached hydrogen (secondary N) is 2. The van der Waals surface area contributed by atoms with Crippen molar-refractivity contribution in [3.63, 3.8) is 0 Å². The molecule has 0 heterocycles. The summed E-state index contributed by atoms with van der Waals surface area (Å²) >= 11 is 0. The van der Waals surface area contributed by atoms with Crippen LogP contribution < -0.4 is 15.6 Å². The number of halogens is 2. The molecule has 0 aliphatic heterocycles. The summed E-state index contributed by atoms with van der Waals surface area (Å²) in [4.78, 5) is 12.3. The minimum atomic E-state index is -2.86. The van der Waals surface area contributed by atoms with Gasteiger partial charge in [-0.15, -0.1) is 0 Å². The number of ether oxygens (including phenoxy) is 1. The molecule has 1 amide bonds. The van der Waals surface area contributed by atoms with Crippen molar-refractivity contribution in [2.75, 3.05) is 0 Å². The zero-order valence-corrected chi connectivity index (χ0v) is 14.3. The molecule has 0 unspecified atom stereocenters. The number of allylic oxidation sites excluding steroid dienone is 1. The first-order valence-electron chi connectivity index (χ1n) is 7.76. The van der Waals surface area contributed by atoms with Crippen molar-refractivity contribution in [2.45, 2.75) is 27.4 Å². The fraction of sp³-hybridized carbons (Fsp3) is 0.211. The van der Waals surface area contributed by atoms with E-state index in [1.165, 1.54) is 12.1 Å². The van der Waals surface area contributed by atoms with Gasteiger partial charge in [0.15, 0.2) is 0 Å². The summed E-state index contributed by atoms with van der Waals surface area (Å²) in [6.45, 7) is 2.78. The summed E-state index contributed by atoms with van der Waals surface area (Å²) in [6.07, 6.45) is 1.77. The maximum absolute atomic E-state index is 12.3. The van der Waals surface area contributed by atoms with E-state index in [4.69, 9.17) is 0 Å². The van der Waals surface area contributed by atoms with Crippen LogP contribution in [0.25, 0.3) is 5.70 Å². The van der Waals surface area contributed by atoms with Crippen LogP contribution in [-0.2, 0) is 0 Å². The number of alkyl halides is 2. The van der Waals surface area contributed by atoms with Crippen molar-refractivity contribution in [3.8, 4) is 5.75 Å². The Morgan fingerprint density at radius 3 is 2.32 bits per heavy atom. The molecule has 2 aromatic carbocycles. The number of carbonyl (C=O) groups excluding carboxylic acids is 1. The van der Waals surface area contributed by atoms with Gasteiger partial charge in [0.1, 0.15) is 5.75 Å². The zero-order valence-electron chi connectivity index (χ0n) is 14.3. The third kappa shape index (κ3) is 5.04. The smallest absolute Gasteiger partial charge is 0.387 e. The highest BCUT2D eigenvalue weighted by Gasteiger charge is 2.10. The van der Waals surface area contributed by atoms with Gasteiger partial charge in [0.25, 0.3) is 5.91 Å². The van der Waals surface area contributed by atoms with Gasteiger partial charge in [-0.05, 0) is 62.2 Å². The van der Waals surface area contributed by atoms with E-state index in [1.807, 2.05) is 26.0 Å². The average Bonchev–Trinajstić information content (AvgIpc) is 2.56. The Labute approximate surface area is 145 Å². The van der Waals surface area contributed by atoms with Crippen molar-refractivity contribution in [1.29, 1.82) is 0 Å². The quantitative estimate of drug-likeness (QED) is 0.771. The van der Waals surface area contributed by atoms with Crippen LogP contribution in [0.4, 0.5) is 8.78 Å². The second-order valence-electron chi connectivity index (χ2n) is 5.50. The first-order chi connectivity index (χ1) is 11.9. The SMILES string of the molecule is C/C=C(\NNC(=O)c1ccc(C)cc1C)c1ccc(OC(F)F)cc1. The lowest BCUT2D eigenvalue weighted by Gasteiger charge is -2.14. The van der Waals surface area contributed by atoms with Crippen LogP contribution in [0.15, 0.2) is 48.5 Å². The van der Waals surface area contributed by atoms with Gasteiger partial charge in [-0.3, -0.25) is 15.6 Å². The Hall–Kier alpha value is -2.89. The number of hydrazine groups is 1. The molecule has 0 aliphatic carbocycles. The monoisotopic (exact) mass is 346 g/mol. The lowest BCUT2D eigenvalue weighted by atomic mass is 10.1. The Bertz CT molecular complexity index is 771. The molecule has 0 bridgehead atoms. The summed E-state index contributed by atoms with van der Waals surface area (Å²) in [5.74, 6) is -0.178. The number of aryl methyl sites for hydroxylation is 2. The standard InChI is InChI=1S/C19H20F2N2O2/c1-4-17(14-6-8-15(9-7-14)25-19(20)21)22-23-18(24)16-10-5-12(2)11-13(16)3/h4-11,19,22H,1-3H3,(H,23,24)/b17-4-. The van der Waals surface area contributed by atoms with E-state index in [2.05, 4.69) is 15.6 Å². The molecule has 0 atom stereocenters. The highest BCUT2D eigenvalue weighted by Crippen LogP contribution is 2.18. The highest BCUT2D eigenvalue weighted by atomic mass is 19.3. The Morgan fingerprint density at radius 2 is 1.76 bits per heavy atom. The van der Waals surface area contributed by atoms with Gasteiger partial charge in [-0.2, -0.15) is 8.78 Å². The minimum absolute atomic E-state index is 0.0773. The molecule has 132 valence electrons. The van der Waals surface area contributed by atoms with E-state index >= 15 is 0 Å². The van der Waals surface area contributed by atoms with E-state index < -0.39 is 6.61 Å². The molecule has 0 saturated carbocycles. The first-order valence-corrected chi connectivity index (χ1v) is 7.76. The van der Waals surface area contributed by atoms with Crippen LogP contribution in [0, 0.1) is 13.8 Å². The molecule has 4 nitrogen and oxygen atoms in total. The van der Waals surface area contributed by atoms with Crippen molar-refractivity contribution in [1.82, 2.24) is 10.9 Å². The van der Waals surface area contributed by atoms with Gasteiger partial charge in [-0.1, -0.05) is 23.8 Å². The predicted octanol–water partition coefficient (Wildman–Crippen LogP) is 4.20. The fourth-order valence-corrected chi connectivity index (χ4v) is 2.39. The number of amides is 1. The number of benzene rings is 2. The summed E-state index contributed by atoms with van der Waals surface area (Å²) in [7, 11) is 0. The molecule has 2 aromatic rings. The molecule has 0 radical (unpaired) electrons. The summed E-state index contributed by atoms with van der Waals surface area (Å²) in [5, 5.41) is 0. The third-order valence-electron chi connectivity index (χ3n) is 3.62. The number of rotatable bonds is 6. The zero-order chi connectivity index (χ0) is 18.4. The summed E-state index contributed by atoms with van der Waals surface area (Å²) in [6, 6.07) is 11.7. The molecular weight excluding hydrogens is 326 g/mol. The molecule has 0 fully saturated rings. The fourth-order valence-electron chi connectivity index (χ4n) is 2.39. The Balaban J connectivity index is 2.03. The van der Waals surface area contributed by atoms with Gasteiger partial charge in [0, 0.05) is 5.56 Å². The van der Waals surface area contributed by atoms with E-state index in [1.54, 1.807) is 31.2 Å². The second kappa shape index (κ2) is 8.28. The lowest BCUT2D eigenvalue weighted by Crippen LogP contribution is -2.36. The molecule has 0 spiro atoms. The van der Waals surface area contributed by atoms with Crippen LogP contribution >= 0.6 is 0 Å². The van der Waals surface area contributed by atoms with Gasteiger partial charge in [0.2, 0.25) is 0 Å². The number of hydrogen-bond acceptors (Lipinski definition) is 3. The van der Waals surface area contributed by atoms with Gasteiger partial charge in [-0.25, -0.2) is 0 Å². The largest absolute Gasteiger partial charge is 0.435 e. The molecule has 2 N–H and O–H groups in total.